The van der Waals surface area contributed by atoms with E-state index in [-0.39, 0.29) is 4.75 Å². The summed E-state index contributed by atoms with van der Waals surface area (Å²) in [6.07, 6.45) is 1.34. The zero-order chi connectivity index (χ0) is 9.03. The molecule has 1 heterocycles. The Kier molecular flexibility index (Phi) is 4.23. The standard InChI is InChI=1S/C8H16O2S2/c1-8(2,12-11)6-10-7-3-4-9-5-7/h7,11H,3-6H2,1-2H3/t7-/m1/s1. The number of ether oxygens (including phenoxy) is 2. The van der Waals surface area contributed by atoms with Crippen LogP contribution in [-0.2, 0) is 9.47 Å². The highest BCUT2D eigenvalue weighted by Crippen LogP contribution is 2.28. The Bertz CT molecular complexity index is 133. The van der Waals surface area contributed by atoms with Crippen molar-refractivity contribution in [3.63, 3.8) is 0 Å². The van der Waals surface area contributed by atoms with Crippen molar-refractivity contribution < 1.29 is 9.47 Å². The summed E-state index contributed by atoms with van der Waals surface area (Å²) in [5.41, 5.74) is 0. The van der Waals surface area contributed by atoms with Crippen molar-refractivity contribution in [3.05, 3.63) is 0 Å². The molecule has 12 heavy (non-hydrogen) atoms. The summed E-state index contributed by atoms with van der Waals surface area (Å²) in [6, 6.07) is 0. The first-order valence-electron chi connectivity index (χ1n) is 4.16. The minimum atomic E-state index is 0.103. The largest absolute Gasteiger partial charge is 0.379 e. The third kappa shape index (κ3) is 3.56. The van der Waals surface area contributed by atoms with Gasteiger partial charge in [0, 0.05) is 11.4 Å². The van der Waals surface area contributed by atoms with Crippen molar-refractivity contribution >= 4 is 22.5 Å². The zero-order valence-corrected chi connectivity index (χ0v) is 9.29. The van der Waals surface area contributed by atoms with Gasteiger partial charge in [0.2, 0.25) is 0 Å². The van der Waals surface area contributed by atoms with Crippen molar-refractivity contribution in [1.29, 1.82) is 0 Å². The van der Waals surface area contributed by atoms with Gasteiger partial charge in [-0.05, 0) is 20.3 Å². The van der Waals surface area contributed by atoms with Crippen LogP contribution in [0.5, 0.6) is 0 Å². The van der Waals surface area contributed by atoms with Crippen LogP contribution >= 0.6 is 22.5 Å². The van der Waals surface area contributed by atoms with Gasteiger partial charge >= 0.3 is 0 Å². The average molecular weight is 208 g/mol. The molecule has 1 fully saturated rings. The molecule has 1 atom stereocenters. The van der Waals surface area contributed by atoms with E-state index in [2.05, 4.69) is 25.5 Å². The van der Waals surface area contributed by atoms with E-state index in [1.807, 2.05) is 0 Å². The van der Waals surface area contributed by atoms with Gasteiger partial charge in [-0.25, -0.2) is 0 Å². The molecule has 2 nitrogen and oxygen atoms in total. The van der Waals surface area contributed by atoms with Crippen LogP contribution in [-0.4, -0.2) is 30.7 Å². The van der Waals surface area contributed by atoms with E-state index in [4.69, 9.17) is 9.47 Å². The molecular formula is C8H16O2S2. The molecule has 0 amide bonds. The number of hydrogen-bond donors (Lipinski definition) is 1. The molecule has 0 aliphatic carbocycles. The number of hydrogen-bond acceptors (Lipinski definition) is 4. The maximum absolute atomic E-state index is 5.66. The normalized spacial score (nSPS) is 24.8. The summed E-state index contributed by atoms with van der Waals surface area (Å²) in [7, 11) is 1.54. The van der Waals surface area contributed by atoms with E-state index in [1.165, 1.54) is 10.8 Å². The van der Waals surface area contributed by atoms with Gasteiger partial charge in [-0.1, -0.05) is 10.8 Å². The minimum absolute atomic E-state index is 0.103. The average Bonchev–Trinajstić information content (AvgIpc) is 2.53. The van der Waals surface area contributed by atoms with Crippen molar-refractivity contribution in [1.82, 2.24) is 0 Å². The van der Waals surface area contributed by atoms with Crippen LogP contribution in [0.15, 0.2) is 0 Å². The second kappa shape index (κ2) is 4.74. The molecule has 0 aromatic heterocycles. The van der Waals surface area contributed by atoms with Gasteiger partial charge in [0.05, 0.1) is 19.3 Å². The molecule has 1 aliphatic heterocycles. The third-order valence-electron chi connectivity index (χ3n) is 1.80. The quantitative estimate of drug-likeness (QED) is 0.564. The van der Waals surface area contributed by atoms with Crippen molar-refractivity contribution in [2.45, 2.75) is 31.1 Å². The Morgan fingerprint density at radius 1 is 1.67 bits per heavy atom. The SMILES string of the molecule is CC(C)(CO[C@@H]1CCOC1)SS. The molecule has 0 aromatic rings. The summed E-state index contributed by atoms with van der Waals surface area (Å²) in [4.78, 5) is 0. The molecule has 0 N–H and O–H groups in total. The molecule has 0 aromatic carbocycles. The first-order valence-corrected chi connectivity index (χ1v) is 6.03. The predicted octanol–water partition coefficient (Wildman–Crippen LogP) is 2.15. The number of thiol groups is 1. The fourth-order valence-corrected chi connectivity index (χ4v) is 1.27. The molecule has 0 radical (unpaired) electrons. The predicted molar refractivity (Wildman–Crippen MR) is 55.8 cm³/mol. The first kappa shape index (κ1) is 10.7. The Morgan fingerprint density at radius 2 is 2.42 bits per heavy atom. The fourth-order valence-electron chi connectivity index (χ4n) is 0.989. The lowest BCUT2D eigenvalue weighted by molar-refractivity contribution is 0.0343. The molecule has 0 spiro atoms. The van der Waals surface area contributed by atoms with Crippen LogP contribution in [0.2, 0.25) is 0 Å². The Balaban J connectivity index is 2.15. The fraction of sp³-hybridized carbons (Fsp3) is 1.00. The van der Waals surface area contributed by atoms with Crippen molar-refractivity contribution in [3.8, 4) is 0 Å². The van der Waals surface area contributed by atoms with Gasteiger partial charge in [0.25, 0.3) is 0 Å². The highest BCUT2D eigenvalue weighted by atomic mass is 33.1. The first-order chi connectivity index (χ1) is 5.64. The van der Waals surface area contributed by atoms with Crippen molar-refractivity contribution in [2.24, 2.45) is 0 Å². The Hall–Kier alpha value is 0.620. The van der Waals surface area contributed by atoms with Gasteiger partial charge in [-0.15, -0.1) is 11.7 Å². The van der Waals surface area contributed by atoms with Crippen LogP contribution < -0.4 is 0 Å². The summed E-state index contributed by atoms with van der Waals surface area (Å²) in [5, 5.41) is 0. The topological polar surface area (TPSA) is 18.5 Å². The van der Waals surface area contributed by atoms with E-state index in [1.54, 1.807) is 0 Å². The van der Waals surface area contributed by atoms with E-state index in [0.717, 1.165) is 26.2 Å². The van der Waals surface area contributed by atoms with Crippen LogP contribution in [0.1, 0.15) is 20.3 Å². The Labute approximate surface area is 83.2 Å². The maximum Gasteiger partial charge on any atom is 0.0831 e. The summed E-state index contributed by atoms with van der Waals surface area (Å²) < 4.78 is 11.0. The molecule has 72 valence electrons. The maximum atomic E-state index is 5.66. The molecule has 1 saturated heterocycles. The second-order valence-corrected chi connectivity index (χ2v) is 5.48. The lowest BCUT2D eigenvalue weighted by Gasteiger charge is -2.22. The van der Waals surface area contributed by atoms with Crippen molar-refractivity contribution in [2.75, 3.05) is 19.8 Å². The molecule has 0 bridgehead atoms. The van der Waals surface area contributed by atoms with Gasteiger partial charge < -0.3 is 9.47 Å². The second-order valence-electron chi connectivity index (χ2n) is 3.65. The van der Waals surface area contributed by atoms with Crippen LogP contribution in [0.4, 0.5) is 0 Å². The number of rotatable bonds is 4. The van der Waals surface area contributed by atoms with Crippen LogP contribution in [0.3, 0.4) is 0 Å². The van der Waals surface area contributed by atoms with Crippen LogP contribution in [0.25, 0.3) is 0 Å². The smallest absolute Gasteiger partial charge is 0.0831 e. The summed E-state index contributed by atoms with van der Waals surface area (Å²) in [6.45, 7) is 6.60. The lowest BCUT2D eigenvalue weighted by Crippen LogP contribution is -2.26. The van der Waals surface area contributed by atoms with Gasteiger partial charge in [0.1, 0.15) is 0 Å². The molecule has 4 heteroatoms. The third-order valence-corrected chi connectivity index (χ3v) is 3.90. The van der Waals surface area contributed by atoms with E-state index in [0.29, 0.717) is 6.10 Å². The highest BCUT2D eigenvalue weighted by molar-refractivity contribution is 8.69. The monoisotopic (exact) mass is 208 g/mol. The van der Waals surface area contributed by atoms with E-state index >= 15 is 0 Å². The highest BCUT2D eigenvalue weighted by Gasteiger charge is 2.22. The molecular weight excluding hydrogens is 192 g/mol. The van der Waals surface area contributed by atoms with E-state index in [9.17, 15) is 0 Å². The Morgan fingerprint density at radius 3 is 2.92 bits per heavy atom. The van der Waals surface area contributed by atoms with E-state index < -0.39 is 0 Å². The zero-order valence-electron chi connectivity index (χ0n) is 7.58. The van der Waals surface area contributed by atoms with Gasteiger partial charge in [-0.2, -0.15) is 0 Å². The summed E-state index contributed by atoms with van der Waals surface area (Å²) in [5.74, 6) is 0. The molecule has 1 aliphatic rings. The van der Waals surface area contributed by atoms with Crippen LogP contribution in [0, 0.1) is 0 Å². The van der Waals surface area contributed by atoms with Gasteiger partial charge in [-0.3, -0.25) is 0 Å². The summed E-state index contributed by atoms with van der Waals surface area (Å²) >= 11 is 4.18. The minimum Gasteiger partial charge on any atom is -0.379 e. The lowest BCUT2D eigenvalue weighted by atomic mass is 10.2. The molecule has 0 unspecified atom stereocenters. The van der Waals surface area contributed by atoms with Gasteiger partial charge in [0.15, 0.2) is 0 Å². The molecule has 0 saturated carbocycles. The molecule has 1 rings (SSSR count).